The van der Waals surface area contributed by atoms with E-state index in [9.17, 15) is 14.4 Å². The minimum atomic E-state index is -0.493. The summed E-state index contributed by atoms with van der Waals surface area (Å²) < 4.78 is 12.3. The third kappa shape index (κ3) is 4.73. The van der Waals surface area contributed by atoms with Gasteiger partial charge in [-0.05, 0) is 88.6 Å². The Morgan fingerprint density at radius 2 is 1.52 bits per heavy atom. The molecule has 3 aromatic rings. The highest BCUT2D eigenvalue weighted by Crippen LogP contribution is 2.47. The number of benzene rings is 2. The molecule has 0 aliphatic heterocycles. The largest absolute Gasteiger partial charge is 0.492 e. The molecule has 0 saturated carbocycles. The summed E-state index contributed by atoms with van der Waals surface area (Å²) >= 11 is 0. The van der Waals surface area contributed by atoms with Crippen molar-refractivity contribution >= 4 is 23.1 Å². The Morgan fingerprint density at radius 1 is 0.952 bits per heavy atom. The summed E-state index contributed by atoms with van der Waals surface area (Å²) in [5.74, 6) is -1.16. The van der Waals surface area contributed by atoms with E-state index in [1.165, 1.54) is 36.3 Å². The molecule has 0 N–H and O–H groups in total. The Balaban J connectivity index is 1.34. The van der Waals surface area contributed by atoms with Crippen LogP contribution in [0.3, 0.4) is 0 Å². The van der Waals surface area contributed by atoms with E-state index in [0.717, 1.165) is 23.1 Å². The van der Waals surface area contributed by atoms with Crippen molar-refractivity contribution < 1.29 is 23.9 Å². The molecule has 2 aliphatic carbocycles. The van der Waals surface area contributed by atoms with Crippen LogP contribution in [0.2, 0.25) is 0 Å². The van der Waals surface area contributed by atoms with Gasteiger partial charge in [-0.3, -0.25) is 9.59 Å². The van der Waals surface area contributed by atoms with Gasteiger partial charge in [0.25, 0.3) is 0 Å². The van der Waals surface area contributed by atoms with Gasteiger partial charge in [0.1, 0.15) is 12.3 Å². The molecule has 2 aromatic carbocycles. The van der Waals surface area contributed by atoms with Crippen molar-refractivity contribution in [1.29, 1.82) is 0 Å². The van der Waals surface area contributed by atoms with Crippen molar-refractivity contribution in [3.8, 4) is 0 Å². The van der Waals surface area contributed by atoms with E-state index in [-0.39, 0.29) is 40.5 Å². The topological polar surface area (TPSA) is 74.6 Å². The number of methoxy groups -OCH3 is 1. The van der Waals surface area contributed by atoms with Gasteiger partial charge in [-0.1, -0.05) is 58.5 Å². The van der Waals surface area contributed by atoms with Crippen molar-refractivity contribution in [2.45, 2.75) is 71.8 Å². The molecule has 42 heavy (non-hydrogen) atoms. The Hall–Kier alpha value is -4.19. The molecule has 1 heterocycles. The maximum atomic E-state index is 13.0. The van der Waals surface area contributed by atoms with Gasteiger partial charge in [0.15, 0.2) is 5.76 Å². The van der Waals surface area contributed by atoms with Crippen molar-refractivity contribution in [3.63, 3.8) is 0 Å². The second kappa shape index (κ2) is 10.3. The van der Waals surface area contributed by atoms with Crippen LogP contribution in [0.4, 0.5) is 0 Å². The predicted octanol–water partition coefficient (Wildman–Crippen LogP) is 7.32. The fraction of sp³-hybridized carbons (Fsp3) is 0.361. The number of fused-ring (bicyclic) bond motifs is 2. The van der Waals surface area contributed by atoms with E-state index in [0.29, 0.717) is 22.4 Å². The van der Waals surface area contributed by atoms with E-state index in [2.05, 4.69) is 53.3 Å². The van der Waals surface area contributed by atoms with Crippen LogP contribution < -0.4 is 0 Å². The smallest absolute Gasteiger partial charge is 0.338 e. The number of esters is 1. The molecule has 2 aliphatic rings. The van der Waals surface area contributed by atoms with E-state index in [4.69, 9.17) is 9.47 Å². The average molecular weight is 566 g/mol. The SMILES string of the molecule is C=C(c1ccc(C(=O)OCc2c(C)c3c(n2C)C(=O)C=C(OC)C3=O)cc1)c1cc2c(cc1C)C(C)(C)CCC2(C)C. The number of nitrogens with zero attached hydrogens (tertiary/aromatic N) is 1. The first-order valence-electron chi connectivity index (χ1n) is 14.3. The number of carbonyl (C=O) groups excluding carboxylic acids is 3. The van der Waals surface area contributed by atoms with E-state index >= 15 is 0 Å². The lowest BCUT2D eigenvalue weighted by Gasteiger charge is -2.42. The first-order chi connectivity index (χ1) is 19.7. The van der Waals surface area contributed by atoms with Crippen molar-refractivity contribution in [3.05, 3.63) is 111 Å². The van der Waals surface area contributed by atoms with E-state index in [1.807, 2.05) is 12.1 Å². The molecule has 0 amide bonds. The van der Waals surface area contributed by atoms with Crippen LogP contribution in [0.25, 0.3) is 5.57 Å². The maximum absolute atomic E-state index is 13.0. The van der Waals surface area contributed by atoms with Crippen LogP contribution in [0.15, 0.2) is 54.8 Å². The number of aryl methyl sites for hydroxylation is 1. The van der Waals surface area contributed by atoms with Gasteiger partial charge in [0, 0.05) is 13.1 Å². The fourth-order valence-electron chi connectivity index (χ4n) is 6.40. The van der Waals surface area contributed by atoms with Gasteiger partial charge in [-0.2, -0.15) is 0 Å². The third-order valence-electron chi connectivity index (χ3n) is 9.28. The molecule has 0 fully saturated rings. The Bertz CT molecular complexity index is 1700. The molecule has 0 unspecified atom stereocenters. The van der Waals surface area contributed by atoms with Gasteiger partial charge in [-0.25, -0.2) is 4.79 Å². The van der Waals surface area contributed by atoms with Crippen LogP contribution in [-0.2, 0) is 34.0 Å². The van der Waals surface area contributed by atoms with Crippen LogP contribution >= 0.6 is 0 Å². The zero-order valence-electron chi connectivity index (χ0n) is 25.9. The Labute approximate surface area is 248 Å². The van der Waals surface area contributed by atoms with Crippen LogP contribution in [-0.4, -0.2) is 29.2 Å². The number of allylic oxidation sites excluding steroid dienone is 2. The van der Waals surface area contributed by atoms with E-state index in [1.54, 1.807) is 30.7 Å². The van der Waals surface area contributed by atoms with Crippen molar-refractivity contribution in [2.75, 3.05) is 7.11 Å². The van der Waals surface area contributed by atoms with Crippen LogP contribution in [0.1, 0.15) is 111 Å². The fourth-order valence-corrected chi connectivity index (χ4v) is 6.40. The first kappa shape index (κ1) is 29.3. The molecule has 6 nitrogen and oxygen atoms in total. The summed E-state index contributed by atoms with van der Waals surface area (Å²) in [5, 5.41) is 0. The molecule has 5 rings (SSSR count). The molecule has 1 aromatic heterocycles. The first-order valence-corrected chi connectivity index (χ1v) is 14.3. The zero-order valence-corrected chi connectivity index (χ0v) is 25.9. The average Bonchev–Trinajstić information content (AvgIpc) is 3.21. The summed E-state index contributed by atoms with van der Waals surface area (Å²) in [6, 6.07) is 11.9. The number of rotatable bonds is 6. The summed E-state index contributed by atoms with van der Waals surface area (Å²) in [5.41, 5.74) is 9.36. The monoisotopic (exact) mass is 565 g/mol. The third-order valence-corrected chi connectivity index (χ3v) is 9.28. The number of hydrogen-bond donors (Lipinski definition) is 0. The lowest BCUT2D eigenvalue weighted by Crippen LogP contribution is -2.34. The number of aromatic nitrogens is 1. The molecular weight excluding hydrogens is 526 g/mol. The molecule has 0 spiro atoms. The summed E-state index contributed by atoms with van der Waals surface area (Å²) in [4.78, 5) is 38.4. The molecule has 0 radical (unpaired) electrons. The molecular formula is C36H39NO5. The lowest BCUT2D eigenvalue weighted by molar-refractivity contribution is 0.0464. The Morgan fingerprint density at radius 3 is 2.12 bits per heavy atom. The van der Waals surface area contributed by atoms with Gasteiger partial charge in [0.05, 0.1) is 23.9 Å². The second-order valence-corrected chi connectivity index (χ2v) is 12.9. The minimum Gasteiger partial charge on any atom is -0.492 e. The summed E-state index contributed by atoms with van der Waals surface area (Å²) in [6.07, 6.45) is 3.50. The molecule has 0 saturated heterocycles. The maximum Gasteiger partial charge on any atom is 0.338 e. The van der Waals surface area contributed by atoms with Crippen LogP contribution in [0, 0.1) is 13.8 Å². The minimum absolute atomic E-state index is 0.00422. The van der Waals surface area contributed by atoms with E-state index < -0.39 is 5.97 Å². The number of ketones is 2. The molecule has 0 atom stereocenters. The Kier molecular flexibility index (Phi) is 7.16. The predicted molar refractivity (Wildman–Crippen MR) is 164 cm³/mol. The summed E-state index contributed by atoms with van der Waals surface area (Å²) in [6.45, 7) is 17.5. The van der Waals surface area contributed by atoms with Gasteiger partial charge < -0.3 is 14.0 Å². The second-order valence-electron chi connectivity index (χ2n) is 12.9. The van der Waals surface area contributed by atoms with Crippen molar-refractivity contribution in [1.82, 2.24) is 4.57 Å². The molecule has 6 heteroatoms. The van der Waals surface area contributed by atoms with Crippen molar-refractivity contribution in [2.24, 2.45) is 7.05 Å². The number of carbonyl (C=O) groups is 3. The standard InChI is InChI=1S/C36H39NO5/c1-20-16-26-27(36(6,7)15-14-35(26,4)5)17-25(20)21(2)23-10-12-24(13-11-23)34(40)42-19-28-22(3)31-32(37(28)8)29(38)18-30(41-9)33(31)39/h10-13,16-18H,2,14-15,19H2,1,3-9H3. The van der Waals surface area contributed by atoms with Gasteiger partial charge >= 0.3 is 5.97 Å². The highest BCUT2D eigenvalue weighted by Gasteiger charge is 2.38. The molecule has 0 bridgehead atoms. The highest BCUT2D eigenvalue weighted by molar-refractivity contribution is 6.24. The highest BCUT2D eigenvalue weighted by atomic mass is 16.5. The normalized spacial score (nSPS) is 16.8. The number of Topliss-reactive ketones (excluding diaryl/α,β-unsaturated/α-hetero) is 1. The number of hydrogen-bond acceptors (Lipinski definition) is 5. The molecule has 218 valence electrons. The zero-order chi connectivity index (χ0) is 30.7. The number of ether oxygens (including phenoxy) is 2. The quantitative estimate of drug-likeness (QED) is 0.293. The lowest BCUT2D eigenvalue weighted by atomic mass is 9.62. The van der Waals surface area contributed by atoms with Gasteiger partial charge in [0.2, 0.25) is 11.6 Å². The summed E-state index contributed by atoms with van der Waals surface area (Å²) in [7, 11) is 3.05. The van der Waals surface area contributed by atoms with Crippen LogP contribution in [0.5, 0.6) is 0 Å². The van der Waals surface area contributed by atoms with Gasteiger partial charge in [-0.15, -0.1) is 0 Å².